The van der Waals surface area contributed by atoms with Crippen molar-refractivity contribution >= 4 is 11.9 Å². The molecule has 2 aliphatic rings. The van der Waals surface area contributed by atoms with Gasteiger partial charge in [-0.25, -0.2) is 17.6 Å². The van der Waals surface area contributed by atoms with Crippen LogP contribution < -0.4 is 28.4 Å². The Morgan fingerprint density at radius 1 is 0.295 bits per heavy atom. The van der Waals surface area contributed by atoms with E-state index in [-0.39, 0.29) is 57.5 Å². The van der Waals surface area contributed by atoms with E-state index in [0.29, 0.717) is 66.2 Å². The maximum Gasteiger partial charge on any atom is 0.315 e. The van der Waals surface area contributed by atoms with E-state index in [1.54, 1.807) is 84.9 Å². The van der Waals surface area contributed by atoms with Crippen molar-refractivity contribution in [3.63, 3.8) is 0 Å². The number of fused-ring (bicyclic) bond motifs is 2. The van der Waals surface area contributed by atoms with Crippen molar-refractivity contribution in [2.24, 2.45) is 23.7 Å². The Balaban J connectivity index is 1.01. The topological polar surface area (TPSA) is 89.5 Å². The Bertz CT molecular complexity index is 3740. The summed E-state index contributed by atoms with van der Waals surface area (Å²) in [5.74, 6) is 18.8. The third-order valence-corrected chi connectivity index (χ3v) is 19.5. The molecular formula is C93H110F4O8. The van der Waals surface area contributed by atoms with Gasteiger partial charge in [0.05, 0.1) is 49.4 Å². The first-order valence-electron chi connectivity index (χ1n) is 39.6. The van der Waals surface area contributed by atoms with Crippen molar-refractivity contribution in [1.82, 2.24) is 0 Å². The number of unbranched alkanes of at least 4 members (excludes halogenated alkanes) is 28. The van der Waals surface area contributed by atoms with Gasteiger partial charge in [-0.1, -0.05) is 267 Å². The predicted octanol–water partition coefficient (Wildman–Crippen LogP) is 23.9. The van der Waals surface area contributed by atoms with Gasteiger partial charge >= 0.3 is 11.9 Å². The fraction of sp³-hybridized carbons (Fsp3) is 0.484. The summed E-state index contributed by atoms with van der Waals surface area (Å²) in [5, 5.41) is 0. The molecule has 558 valence electrons. The molecular weight excluding hydrogens is 1320 g/mol. The molecule has 0 aromatic heterocycles. The second-order valence-corrected chi connectivity index (χ2v) is 28.1. The van der Waals surface area contributed by atoms with Gasteiger partial charge in [-0.2, -0.15) is 0 Å². The van der Waals surface area contributed by atoms with Crippen molar-refractivity contribution in [3.8, 4) is 81.9 Å². The molecule has 6 aromatic carbocycles. The zero-order valence-corrected chi connectivity index (χ0v) is 62.8. The predicted molar refractivity (Wildman–Crippen MR) is 414 cm³/mol. The average molecular weight is 1430 g/mol. The first kappa shape index (κ1) is 81.8. The second kappa shape index (κ2) is 46.9. The summed E-state index contributed by atoms with van der Waals surface area (Å²) in [6.07, 6.45) is 40.7. The molecule has 0 radical (unpaired) electrons. The van der Waals surface area contributed by atoms with Crippen molar-refractivity contribution in [2.75, 3.05) is 26.4 Å². The van der Waals surface area contributed by atoms with E-state index in [0.717, 1.165) is 77.0 Å². The van der Waals surface area contributed by atoms with E-state index in [1.165, 1.54) is 153 Å². The highest BCUT2D eigenvalue weighted by atomic mass is 19.1. The van der Waals surface area contributed by atoms with E-state index in [2.05, 4.69) is 75.1 Å². The van der Waals surface area contributed by atoms with Gasteiger partial charge < -0.3 is 28.4 Å². The maximum atomic E-state index is 15.6. The van der Waals surface area contributed by atoms with Gasteiger partial charge in [-0.05, 0) is 153 Å². The molecule has 12 heteroatoms. The van der Waals surface area contributed by atoms with Gasteiger partial charge in [0.2, 0.25) is 0 Å². The lowest BCUT2D eigenvalue weighted by atomic mass is 9.83. The minimum Gasteiger partial charge on any atom is -0.491 e. The number of allylic oxidation sites excluding steroid dienone is 2. The lowest BCUT2D eigenvalue weighted by molar-refractivity contribution is -0.151. The number of hydrogen-bond acceptors (Lipinski definition) is 8. The highest BCUT2D eigenvalue weighted by Crippen LogP contribution is 2.49. The second-order valence-electron chi connectivity index (χ2n) is 28.1. The standard InChI is InChI=1S/C93H110F4O8/c1-5-9-13-17-21-25-29-33-59-100-84-55-45-70(63-80(84)94)37-39-74-43-51-76(49-41-72-47-57-86(82(96)65-72)102-61-35-31-27-23-19-15-11-7-3)88(67-74)104-92(98)90-78-53-54-79(69-78)91(90)93(99)105-89-68-75(40-38-71-46-56-85(81(95)64-71)101-60-34-30-26-22-18-14-10-6-2)44-52-77(89)50-42-73-48-58-87(83(97)66-73)103-62-36-32-28-24-20-16-12-8-4/h43-48,51-58,63-68,78-79,90-91H,5-36,59-62,69H2,1-4H3/t78-,79+,90-,91-/m1/s1. The molecule has 1 fully saturated rings. The fourth-order valence-electron chi connectivity index (χ4n) is 13.4. The van der Waals surface area contributed by atoms with Crippen LogP contribution in [0.2, 0.25) is 0 Å². The number of ether oxygens (including phenoxy) is 6. The van der Waals surface area contributed by atoms with Crippen molar-refractivity contribution in [3.05, 3.63) is 189 Å². The Hall–Kier alpha value is -8.84. The zero-order valence-electron chi connectivity index (χ0n) is 62.8. The van der Waals surface area contributed by atoms with Gasteiger partial charge in [0.15, 0.2) is 46.3 Å². The van der Waals surface area contributed by atoms with E-state index in [4.69, 9.17) is 28.4 Å². The number of hydrogen-bond donors (Lipinski definition) is 0. The average Bonchev–Trinajstić information content (AvgIpc) is 1.61. The van der Waals surface area contributed by atoms with Gasteiger partial charge in [0.25, 0.3) is 0 Å². The van der Waals surface area contributed by atoms with Crippen LogP contribution in [-0.2, 0) is 9.59 Å². The highest BCUT2D eigenvalue weighted by Gasteiger charge is 2.53. The minimum atomic E-state index is -1.01. The van der Waals surface area contributed by atoms with Crippen LogP contribution in [0.3, 0.4) is 0 Å². The van der Waals surface area contributed by atoms with Crippen molar-refractivity contribution < 1.29 is 55.6 Å². The number of halogens is 4. The van der Waals surface area contributed by atoms with Crippen LogP contribution in [0.15, 0.2) is 121 Å². The summed E-state index contributed by atoms with van der Waals surface area (Å²) in [4.78, 5) is 30.0. The molecule has 0 saturated heterocycles. The molecule has 0 heterocycles. The largest absolute Gasteiger partial charge is 0.491 e. The highest BCUT2D eigenvalue weighted by molar-refractivity contribution is 5.87. The number of benzene rings is 6. The van der Waals surface area contributed by atoms with Gasteiger partial charge in [0, 0.05) is 33.4 Å². The summed E-state index contributed by atoms with van der Waals surface area (Å²) < 4.78 is 98.1. The summed E-state index contributed by atoms with van der Waals surface area (Å²) in [6.45, 7) is 10.5. The lowest BCUT2D eigenvalue weighted by Crippen LogP contribution is -2.37. The molecule has 0 amide bonds. The van der Waals surface area contributed by atoms with E-state index in [9.17, 15) is 9.59 Å². The Kier molecular flexibility index (Phi) is 36.5. The molecule has 0 unspecified atom stereocenters. The molecule has 6 aromatic rings. The SMILES string of the molecule is CCCCCCCCCCOc1ccc(C#Cc2ccc(C#Cc3ccc(OCCCCCCCCCC)c(F)c3)c(OC(=O)[C@H]3[C@H](C(=O)Oc4cc(C#Cc5ccc(OCCCCCCCCCC)c(F)c5)ccc4C#Cc4ccc(OCCCCCCCCCC)c(F)c4)[C@H]4C=C[C@@H]3C4)c2)cc1F. The van der Waals surface area contributed by atoms with Crippen LogP contribution in [0.4, 0.5) is 17.6 Å². The van der Waals surface area contributed by atoms with Crippen molar-refractivity contribution in [1.29, 1.82) is 0 Å². The van der Waals surface area contributed by atoms with Gasteiger partial charge in [-0.15, -0.1) is 0 Å². The quantitative estimate of drug-likeness (QED) is 0.00933. The van der Waals surface area contributed by atoms with Gasteiger partial charge in [0.1, 0.15) is 11.5 Å². The third kappa shape index (κ3) is 28.5. The number of carbonyl (C=O) groups is 2. The Morgan fingerprint density at radius 2 is 0.524 bits per heavy atom. The maximum absolute atomic E-state index is 15.6. The van der Waals surface area contributed by atoms with E-state index >= 15 is 17.6 Å². The molecule has 8 nitrogen and oxygen atoms in total. The van der Waals surface area contributed by atoms with Crippen LogP contribution >= 0.6 is 0 Å². The smallest absolute Gasteiger partial charge is 0.315 e. The number of esters is 2. The number of rotatable bonds is 44. The first-order valence-corrected chi connectivity index (χ1v) is 39.6. The van der Waals surface area contributed by atoms with Crippen LogP contribution in [0.1, 0.15) is 284 Å². The zero-order chi connectivity index (χ0) is 74.1. The summed E-state index contributed by atoms with van der Waals surface area (Å²) in [7, 11) is 0. The van der Waals surface area contributed by atoms with Crippen molar-refractivity contribution in [2.45, 2.75) is 240 Å². The summed E-state index contributed by atoms with van der Waals surface area (Å²) in [5.41, 5.74) is 2.93. The first-order chi connectivity index (χ1) is 51.4. The van der Waals surface area contributed by atoms with Gasteiger partial charge in [-0.3, -0.25) is 9.59 Å². The van der Waals surface area contributed by atoms with Crippen LogP contribution in [0.25, 0.3) is 0 Å². The van der Waals surface area contributed by atoms with Crippen LogP contribution in [0.5, 0.6) is 34.5 Å². The number of carbonyl (C=O) groups excluding carboxylic acids is 2. The normalized spacial score (nSPS) is 14.6. The molecule has 0 spiro atoms. The van der Waals surface area contributed by atoms with Crippen LogP contribution in [0, 0.1) is 94.3 Å². The molecule has 2 aliphatic carbocycles. The van der Waals surface area contributed by atoms with E-state index < -0.39 is 47.0 Å². The molecule has 2 bridgehead atoms. The lowest BCUT2D eigenvalue weighted by Gasteiger charge is -2.25. The van der Waals surface area contributed by atoms with E-state index in [1.807, 2.05) is 12.2 Å². The monoisotopic (exact) mass is 1430 g/mol. The molecule has 1 saturated carbocycles. The third-order valence-electron chi connectivity index (χ3n) is 19.5. The fourth-order valence-corrected chi connectivity index (χ4v) is 13.4. The Morgan fingerprint density at radius 3 is 0.781 bits per heavy atom. The summed E-state index contributed by atoms with van der Waals surface area (Å²) >= 11 is 0. The summed E-state index contributed by atoms with van der Waals surface area (Å²) in [6, 6.07) is 28.2. The Labute approximate surface area is 624 Å². The molecule has 4 atom stereocenters. The van der Waals surface area contributed by atoms with Crippen LogP contribution in [-0.4, -0.2) is 38.4 Å². The molecule has 105 heavy (non-hydrogen) atoms. The molecule has 0 N–H and O–H groups in total. The minimum absolute atomic E-state index is 0.0454. The molecule has 8 rings (SSSR count). The molecule has 0 aliphatic heterocycles.